The van der Waals surface area contributed by atoms with Gasteiger partial charge in [-0.2, -0.15) is 0 Å². The summed E-state index contributed by atoms with van der Waals surface area (Å²) in [6.45, 7) is 3.49. The van der Waals surface area contributed by atoms with Gasteiger partial charge in [-0.15, -0.1) is 0 Å². The Bertz CT molecular complexity index is 579. The van der Waals surface area contributed by atoms with Crippen LogP contribution >= 0.6 is 31.9 Å². The minimum Gasteiger partial charge on any atom is -0.480 e. The summed E-state index contributed by atoms with van der Waals surface area (Å²) in [5.74, 6) is -1.02. The van der Waals surface area contributed by atoms with E-state index < -0.39 is 17.5 Å². The number of hydrogen-bond donors (Lipinski definition) is 3. The Morgan fingerprint density at radius 3 is 2.24 bits per heavy atom. The average Bonchev–Trinajstić information content (AvgIpc) is 3.17. The average molecular weight is 420 g/mol. The van der Waals surface area contributed by atoms with Crippen LogP contribution in [-0.4, -0.2) is 22.6 Å². The minimum absolute atomic E-state index is 0.00866. The van der Waals surface area contributed by atoms with Crippen molar-refractivity contribution in [2.24, 2.45) is 5.92 Å². The fraction of sp³-hybridized carbons (Fsp3) is 0.429. The van der Waals surface area contributed by atoms with Crippen LogP contribution in [0.4, 0.5) is 10.5 Å². The number of nitrogens with one attached hydrogen (secondary N) is 2. The Morgan fingerprint density at radius 1 is 1.29 bits per heavy atom. The number of anilines is 1. The lowest BCUT2D eigenvalue weighted by Crippen LogP contribution is -2.55. The summed E-state index contributed by atoms with van der Waals surface area (Å²) in [5, 5.41) is 14.6. The molecular weight excluding hydrogens is 404 g/mol. The van der Waals surface area contributed by atoms with Crippen molar-refractivity contribution in [1.29, 1.82) is 0 Å². The molecule has 1 aromatic carbocycles. The van der Waals surface area contributed by atoms with E-state index >= 15 is 0 Å². The maximum atomic E-state index is 12.1. The van der Waals surface area contributed by atoms with E-state index in [1.54, 1.807) is 6.92 Å². The van der Waals surface area contributed by atoms with E-state index in [4.69, 9.17) is 0 Å². The molecule has 0 aliphatic heterocycles. The van der Waals surface area contributed by atoms with Gasteiger partial charge in [-0.3, -0.25) is 0 Å². The quantitative estimate of drug-likeness (QED) is 0.692. The SMILES string of the molecule is Cc1cc(Br)c(NC(=O)NC(C)(C(=O)O)C2CC2)c(Br)c1. The molecule has 0 radical (unpaired) electrons. The van der Waals surface area contributed by atoms with Crippen molar-refractivity contribution in [2.75, 3.05) is 5.32 Å². The van der Waals surface area contributed by atoms with Gasteiger partial charge in [-0.05, 0) is 82.2 Å². The number of halogens is 2. The molecule has 1 unspecified atom stereocenters. The Kier molecular flexibility index (Phi) is 4.63. The third-order valence-corrected chi connectivity index (χ3v) is 4.89. The number of hydrogen-bond acceptors (Lipinski definition) is 2. The molecule has 1 aliphatic carbocycles. The Balaban J connectivity index is 2.13. The minimum atomic E-state index is -1.23. The molecule has 114 valence electrons. The summed E-state index contributed by atoms with van der Waals surface area (Å²) in [4.78, 5) is 23.5. The van der Waals surface area contributed by atoms with Crippen molar-refractivity contribution in [3.05, 3.63) is 26.6 Å². The molecule has 7 heteroatoms. The molecule has 0 saturated heterocycles. The largest absolute Gasteiger partial charge is 0.480 e. The number of amides is 2. The second-order valence-electron chi connectivity index (χ2n) is 5.46. The first-order valence-corrected chi connectivity index (χ1v) is 8.11. The van der Waals surface area contributed by atoms with E-state index in [2.05, 4.69) is 42.5 Å². The lowest BCUT2D eigenvalue weighted by atomic mass is 9.96. The fourth-order valence-electron chi connectivity index (χ4n) is 2.19. The first kappa shape index (κ1) is 16.3. The van der Waals surface area contributed by atoms with E-state index in [9.17, 15) is 14.7 Å². The van der Waals surface area contributed by atoms with Gasteiger partial charge in [-0.1, -0.05) is 0 Å². The molecule has 2 rings (SSSR count). The van der Waals surface area contributed by atoms with Crippen molar-refractivity contribution in [1.82, 2.24) is 5.32 Å². The monoisotopic (exact) mass is 418 g/mol. The van der Waals surface area contributed by atoms with Crippen LogP contribution in [0.1, 0.15) is 25.3 Å². The van der Waals surface area contributed by atoms with Crippen LogP contribution in [0, 0.1) is 12.8 Å². The summed E-state index contributed by atoms with van der Waals surface area (Å²) < 4.78 is 1.46. The van der Waals surface area contributed by atoms with Crippen molar-refractivity contribution in [3.8, 4) is 0 Å². The maximum Gasteiger partial charge on any atom is 0.329 e. The zero-order chi connectivity index (χ0) is 15.8. The molecule has 1 fully saturated rings. The maximum absolute atomic E-state index is 12.1. The fourth-order valence-corrected chi connectivity index (χ4v) is 3.80. The summed E-state index contributed by atoms with van der Waals surface area (Å²) in [5.41, 5.74) is 0.378. The summed E-state index contributed by atoms with van der Waals surface area (Å²) in [6, 6.07) is 3.21. The van der Waals surface area contributed by atoms with Crippen LogP contribution in [0.25, 0.3) is 0 Å². The highest BCUT2D eigenvalue weighted by atomic mass is 79.9. The Hall–Kier alpha value is -1.08. The van der Waals surface area contributed by atoms with Crippen LogP contribution in [0.15, 0.2) is 21.1 Å². The zero-order valence-electron chi connectivity index (χ0n) is 11.7. The van der Waals surface area contributed by atoms with E-state index in [0.29, 0.717) is 5.69 Å². The number of aliphatic carboxylic acids is 1. The number of rotatable bonds is 4. The van der Waals surface area contributed by atoms with Crippen LogP contribution in [0.3, 0.4) is 0 Å². The van der Waals surface area contributed by atoms with Gasteiger partial charge in [0, 0.05) is 8.95 Å². The van der Waals surface area contributed by atoms with E-state index in [0.717, 1.165) is 27.4 Å². The molecule has 2 amide bonds. The van der Waals surface area contributed by atoms with Crippen molar-refractivity contribution < 1.29 is 14.7 Å². The lowest BCUT2D eigenvalue weighted by Gasteiger charge is -2.26. The summed E-state index contributed by atoms with van der Waals surface area (Å²) in [6.07, 6.45) is 1.64. The van der Waals surface area contributed by atoms with E-state index in [1.165, 1.54) is 0 Å². The van der Waals surface area contributed by atoms with Crippen LogP contribution < -0.4 is 10.6 Å². The molecule has 0 spiro atoms. The number of benzene rings is 1. The van der Waals surface area contributed by atoms with Gasteiger partial charge in [0.15, 0.2) is 0 Å². The van der Waals surface area contributed by atoms with Crippen molar-refractivity contribution in [2.45, 2.75) is 32.2 Å². The van der Waals surface area contributed by atoms with Crippen molar-refractivity contribution >= 4 is 49.5 Å². The molecule has 0 aromatic heterocycles. The molecule has 1 aromatic rings. The summed E-state index contributed by atoms with van der Waals surface area (Å²) >= 11 is 6.77. The number of aryl methyl sites for hydroxylation is 1. The smallest absolute Gasteiger partial charge is 0.329 e. The predicted octanol–water partition coefficient (Wildman–Crippen LogP) is 3.89. The third kappa shape index (κ3) is 3.58. The molecule has 21 heavy (non-hydrogen) atoms. The number of carboxylic acid groups (broad SMARTS) is 1. The molecule has 5 nitrogen and oxygen atoms in total. The van der Waals surface area contributed by atoms with Gasteiger partial charge in [0.25, 0.3) is 0 Å². The van der Waals surface area contributed by atoms with Crippen molar-refractivity contribution in [3.63, 3.8) is 0 Å². The highest BCUT2D eigenvalue weighted by Gasteiger charge is 2.48. The van der Waals surface area contributed by atoms with Gasteiger partial charge in [0.1, 0.15) is 5.54 Å². The van der Waals surface area contributed by atoms with Gasteiger partial charge in [0.2, 0.25) is 0 Å². The number of carbonyl (C=O) groups is 2. The van der Waals surface area contributed by atoms with Gasteiger partial charge in [0.05, 0.1) is 5.69 Å². The zero-order valence-corrected chi connectivity index (χ0v) is 14.8. The van der Waals surface area contributed by atoms with E-state index in [-0.39, 0.29) is 5.92 Å². The highest BCUT2D eigenvalue weighted by Crippen LogP contribution is 2.40. The Morgan fingerprint density at radius 2 is 1.81 bits per heavy atom. The topological polar surface area (TPSA) is 78.4 Å². The first-order valence-electron chi connectivity index (χ1n) is 6.52. The van der Waals surface area contributed by atoms with Crippen LogP contribution in [-0.2, 0) is 4.79 Å². The second kappa shape index (κ2) is 5.96. The number of carbonyl (C=O) groups excluding carboxylic acids is 1. The van der Waals surface area contributed by atoms with Crippen LogP contribution in [0.5, 0.6) is 0 Å². The molecule has 1 atom stereocenters. The Labute approximate surface area is 139 Å². The molecule has 1 saturated carbocycles. The van der Waals surface area contributed by atoms with Gasteiger partial charge >= 0.3 is 12.0 Å². The molecular formula is C14H16Br2N2O3. The standard InChI is InChI=1S/C14H16Br2N2O3/c1-7-5-9(15)11(10(16)6-7)17-13(21)18-14(2,12(19)20)8-3-4-8/h5-6,8H,3-4H2,1-2H3,(H,19,20)(H2,17,18,21). The van der Waals surface area contributed by atoms with Gasteiger partial charge < -0.3 is 15.7 Å². The summed E-state index contributed by atoms with van der Waals surface area (Å²) in [7, 11) is 0. The molecule has 0 heterocycles. The third-order valence-electron chi connectivity index (χ3n) is 3.64. The molecule has 3 N–H and O–H groups in total. The van der Waals surface area contributed by atoms with E-state index in [1.807, 2.05) is 19.1 Å². The normalized spacial score (nSPS) is 17.0. The number of urea groups is 1. The molecule has 0 bridgehead atoms. The second-order valence-corrected chi connectivity index (χ2v) is 7.17. The highest BCUT2D eigenvalue weighted by molar-refractivity contribution is 9.11. The van der Waals surface area contributed by atoms with Gasteiger partial charge in [-0.25, -0.2) is 9.59 Å². The lowest BCUT2D eigenvalue weighted by molar-refractivity contribution is -0.144. The first-order chi connectivity index (χ1) is 9.74. The number of carboxylic acids is 1. The van der Waals surface area contributed by atoms with Crippen LogP contribution in [0.2, 0.25) is 0 Å². The molecule has 1 aliphatic rings. The predicted molar refractivity (Wildman–Crippen MR) is 87.5 cm³/mol.